The van der Waals surface area contributed by atoms with Gasteiger partial charge in [-0.05, 0) is 41.0 Å². The summed E-state index contributed by atoms with van der Waals surface area (Å²) in [5.74, 6) is -1.18. The fourth-order valence-electron chi connectivity index (χ4n) is 4.33. The van der Waals surface area contributed by atoms with Crippen LogP contribution in [0.5, 0.6) is 11.5 Å². The number of methoxy groups -OCH3 is 2. The molecule has 208 valence electrons. The number of aromatic nitrogens is 2. The van der Waals surface area contributed by atoms with E-state index < -0.39 is 23.5 Å². The van der Waals surface area contributed by atoms with Crippen LogP contribution in [-0.2, 0) is 15.3 Å². The minimum Gasteiger partial charge on any atom is -0.503 e. The molecule has 1 aliphatic heterocycles. The van der Waals surface area contributed by atoms with Crippen LogP contribution in [0.3, 0.4) is 0 Å². The van der Waals surface area contributed by atoms with Crippen molar-refractivity contribution >= 4 is 46.0 Å². The molecule has 0 saturated carbocycles. The molecule has 41 heavy (non-hydrogen) atoms. The summed E-state index contributed by atoms with van der Waals surface area (Å²) < 4.78 is 25.4. The van der Waals surface area contributed by atoms with Gasteiger partial charge in [0.25, 0.3) is 5.91 Å². The largest absolute Gasteiger partial charge is 0.503 e. The van der Waals surface area contributed by atoms with Crippen LogP contribution in [0.1, 0.15) is 22.7 Å². The van der Waals surface area contributed by atoms with Gasteiger partial charge in [-0.1, -0.05) is 83.8 Å². The number of amides is 1. The van der Waals surface area contributed by atoms with Crippen molar-refractivity contribution in [2.24, 2.45) is 0 Å². The highest BCUT2D eigenvalue weighted by Crippen LogP contribution is 2.45. The second-order valence-corrected chi connectivity index (χ2v) is 11.0. The molecule has 2 heterocycles. The topological polar surface area (TPSA) is 102 Å². The molecule has 0 saturated heterocycles. The Morgan fingerprint density at radius 2 is 1.78 bits per heavy atom. The van der Waals surface area contributed by atoms with Gasteiger partial charge >= 0.3 is 0 Å². The van der Waals surface area contributed by atoms with Crippen molar-refractivity contribution in [1.82, 2.24) is 10.2 Å². The smallest absolute Gasteiger partial charge is 0.296 e. The number of aliphatic hydroxyl groups is 1. The van der Waals surface area contributed by atoms with Crippen LogP contribution < -0.4 is 14.4 Å². The Morgan fingerprint density at radius 1 is 1.05 bits per heavy atom. The third-order valence-electron chi connectivity index (χ3n) is 6.33. The Bertz CT molecular complexity index is 1650. The average molecular weight is 590 g/mol. The van der Waals surface area contributed by atoms with Crippen molar-refractivity contribution in [2.75, 3.05) is 19.1 Å². The Morgan fingerprint density at radius 3 is 2.51 bits per heavy atom. The van der Waals surface area contributed by atoms with Crippen molar-refractivity contribution in [3.63, 3.8) is 0 Å². The Hall–Kier alpha value is -4.48. The van der Waals surface area contributed by atoms with E-state index in [9.17, 15) is 19.1 Å². The first-order chi connectivity index (χ1) is 19.9. The van der Waals surface area contributed by atoms with Gasteiger partial charge in [0.15, 0.2) is 27.4 Å². The minimum absolute atomic E-state index is 0.106. The first-order valence-electron chi connectivity index (χ1n) is 12.4. The molecule has 0 bridgehead atoms. The summed E-state index contributed by atoms with van der Waals surface area (Å²) in [6.07, 6.45) is 2.94. The van der Waals surface area contributed by atoms with Crippen molar-refractivity contribution in [3.8, 4) is 11.5 Å². The lowest BCUT2D eigenvalue weighted by molar-refractivity contribution is -0.117. The van der Waals surface area contributed by atoms with E-state index >= 15 is 0 Å². The summed E-state index contributed by atoms with van der Waals surface area (Å²) in [5.41, 5.74) is 1.68. The van der Waals surface area contributed by atoms with Crippen LogP contribution >= 0.6 is 23.1 Å². The lowest BCUT2D eigenvalue weighted by Gasteiger charge is -2.24. The monoisotopic (exact) mass is 589 g/mol. The number of thioether (sulfide) groups is 1. The maximum atomic E-state index is 14.1. The number of ketones is 1. The lowest BCUT2D eigenvalue weighted by Crippen LogP contribution is -2.30. The molecule has 4 aromatic rings. The lowest BCUT2D eigenvalue weighted by atomic mass is 9.95. The zero-order chi connectivity index (χ0) is 28.9. The van der Waals surface area contributed by atoms with Gasteiger partial charge in [-0.15, -0.1) is 10.2 Å². The molecule has 1 aliphatic rings. The van der Waals surface area contributed by atoms with E-state index in [1.807, 2.05) is 30.3 Å². The second-order valence-electron chi connectivity index (χ2n) is 8.79. The molecule has 1 amide bonds. The number of halogens is 1. The summed E-state index contributed by atoms with van der Waals surface area (Å²) in [7, 11) is 2.98. The number of carbonyl (C=O) groups excluding carboxylic acids is 2. The molecule has 1 unspecified atom stereocenters. The highest BCUT2D eigenvalue weighted by atomic mass is 32.2. The molecule has 0 fully saturated rings. The zero-order valence-electron chi connectivity index (χ0n) is 22.0. The van der Waals surface area contributed by atoms with E-state index in [0.29, 0.717) is 32.7 Å². The number of rotatable bonds is 10. The van der Waals surface area contributed by atoms with Gasteiger partial charge in [0.1, 0.15) is 5.82 Å². The van der Waals surface area contributed by atoms with Gasteiger partial charge in [0, 0.05) is 5.75 Å². The van der Waals surface area contributed by atoms with E-state index in [-0.39, 0.29) is 16.5 Å². The molecule has 1 atom stereocenters. The Balaban J connectivity index is 1.51. The van der Waals surface area contributed by atoms with Gasteiger partial charge in [-0.25, -0.2) is 4.39 Å². The fourth-order valence-corrected chi connectivity index (χ4v) is 6.19. The molecular formula is C30H24FN3O5S2. The summed E-state index contributed by atoms with van der Waals surface area (Å²) in [5, 5.41) is 19.5. The van der Waals surface area contributed by atoms with Gasteiger partial charge in [-0.3, -0.25) is 14.5 Å². The number of nitrogens with zero attached hydrogens (tertiary/aromatic N) is 3. The van der Waals surface area contributed by atoms with Crippen LogP contribution in [0.2, 0.25) is 0 Å². The van der Waals surface area contributed by atoms with Crippen molar-refractivity contribution in [1.29, 1.82) is 0 Å². The van der Waals surface area contributed by atoms with Gasteiger partial charge in [0.2, 0.25) is 5.13 Å². The van der Waals surface area contributed by atoms with Gasteiger partial charge < -0.3 is 14.6 Å². The van der Waals surface area contributed by atoms with Crippen LogP contribution in [0.25, 0.3) is 6.08 Å². The summed E-state index contributed by atoms with van der Waals surface area (Å²) in [6.45, 7) is 0. The first-order valence-corrected chi connectivity index (χ1v) is 14.2. The Kier molecular flexibility index (Phi) is 8.46. The molecule has 5 rings (SSSR count). The number of hydrogen-bond donors (Lipinski definition) is 1. The number of allylic oxidation sites excluding steroid dienone is 1. The number of ether oxygens (including phenoxy) is 2. The third-order valence-corrected chi connectivity index (χ3v) is 8.44. The Labute approximate surface area is 243 Å². The van der Waals surface area contributed by atoms with Crippen molar-refractivity contribution in [2.45, 2.75) is 16.1 Å². The molecule has 1 N–H and O–H groups in total. The third kappa shape index (κ3) is 5.86. The first kappa shape index (κ1) is 28.1. The predicted molar refractivity (Wildman–Crippen MR) is 156 cm³/mol. The van der Waals surface area contributed by atoms with E-state index in [1.54, 1.807) is 42.5 Å². The summed E-state index contributed by atoms with van der Waals surface area (Å²) in [6, 6.07) is 19.6. The zero-order valence-corrected chi connectivity index (χ0v) is 23.6. The molecule has 0 aliphatic carbocycles. The minimum atomic E-state index is -1.02. The van der Waals surface area contributed by atoms with Crippen molar-refractivity contribution in [3.05, 3.63) is 113 Å². The normalized spacial score (nSPS) is 15.1. The molecule has 1 aromatic heterocycles. The molecule has 11 heteroatoms. The van der Waals surface area contributed by atoms with Gasteiger partial charge in [-0.2, -0.15) is 0 Å². The molecule has 0 radical (unpaired) electrons. The molecular weight excluding hydrogens is 565 g/mol. The predicted octanol–water partition coefficient (Wildman–Crippen LogP) is 6.17. The summed E-state index contributed by atoms with van der Waals surface area (Å²) >= 11 is 2.37. The highest BCUT2D eigenvalue weighted by molar-refractivity contribution is 8.00. The molecule has 0 spiro atoms. The van der Waals surface area contributed by atoms with Crippen molar-refractivity contribution < 1.29 is 28.6 Å². The number of benzene rings is 3. The fraction of sp³-hybridized carbons (Fsp3) is 0.133. The van der Waals surface area contributed by atoms with Crippen LogP contribution in [0.4, 0.5) is 9.52 Å². The second kappa shape index (κ2) is 12.4. The highest BCUT2D eigenvalue weighted by Gasteiger charge is 2.45. The number of hydrogen-bond acceptors (Lipinski definition) is 9. The van der Waals surface area contributed by atoms with E-state index in [0.717, 1.165) is 16.9 Å². The average Bonchev–Trinajstić information content (AvgIpc) is 3.57. The van der Waals surface area contributed by atoms with Gasteiger partial charge in [0.05, 0.1) is 25.8 Å². The quantitative estimate of drug-likeness (QED) is 0.133. The maximum absolute atomic E-state index is 14.1. The van der Waals surface area contributed by atoms with Crippen LogP contribution in [0, 0.1) is 5.82 Å². The van der Waals surface area contributed by atoms with E-state index in [2.05, 4.69) is 10.2 Å². The SMILES string of the molecule is COc1ccc(C2C(C(=O)C=Cc3ccccc3)=C(O)C(=O)N2c2nnc(SCc3ccccc3F)s2)cc1OC. The van der Waals surface area contributed by atoms with Crippen LogP contribution in [0.15, 0.2) is 94.5 Å². The van der Waals surface area contributed by atoms with E-state index in [4.69, 9.17) is 9.47 Å². The molecule has 8 nitrogen and oxygen atoms in total. The van der Waals surface area contributed by atoms with Crippen LogP contribution in [-0.4, -0.2) is 41.2 Å². The number of carbonyl (C=O) groups is 2. The standard InChI is InChI=1S/C30H24FN3O5S2/c1-38-23-15-13-19(16-24(23)39-2)26-25(22(35)14-12-18-8-4-3-5-9-18)27(36)28(37)34(26)29-32-33-30(41-29)40-17-20-10-6-7-11-21(20)31/h3-16,26,36H,17H2,1-2H3. The number of anilines is 1. The summed E-state index contributed by atoms with van der Waals surface area (Å²) in [4.78, 5) is 28.2. The molecule has 3 aromatic carbocycles. The van der Waals surface area contributed by atoms with E-state index in [1.165, 1.54) is 43.0 Å². The number of aliphatic hydroxyl groups excluding tert-OH is 1. The maximum Gasteiger partial charge on any atom is 0.296 e.